The van der Waals surface area contributed by atoms with Gasteiger partial charge in [-0.3, -0.25) is 14.9 Å². The van der Waals surface area contributed by atoms with Crippen LogP contribution in [0.15, 0.2) is 18.2 Å². The van der Waals surface area contributed by atoms with Crippen LogP contribution in [0.2, 0.25) is 0 Å². The highest BCUT2D eigenvalue weighted by Crippen LogP contribution is 2.26. The summed E-state index contributed by atoms with van der Waals surface area (Å²) in [5, 5.41) is 2.27. The molecule has 1 aliphatic heterocycles. The number of benzene rings is 1. The lowest BCUT2D eigenvalue weighted by Crippen LogP contribution is -2.58. The molecule has 1 fully saturated rings. The SMILES string of the molecule is CCC1C(=O)NC(=O)CN1c1ccc([C@H](C)N)cc1F. The fourth-order valence-electron chi connectivity index (χ4n) is 2.36. The second kappa shape index (κ2) is 5.58. The lowest BCUT2D eigenvalue weighted by Gasteiger charge is -2.35. The lowest BCUT2D eigenvalue weighted by molar-refractivity contribution is -0.132. The molecule has 0 aromatic heterocycles. The van der Waals surface area contributed by atoms with Crippen LogP contribution in [-0.4, -0.2) is 24.4 Å². The van der Waals surface area contributed by atoms with E-state index in [9.17, 15) is 14.0 Å². The van der Waals surface area contributed by atoms with Gasteiger partial charge in [0.2, 0.25) is 11.8 Å². The molecule has 1 aromatic rings. The Morgan fingerprint density at radius 3 is 2.75 bits per heavy atom. The highest BCUT2D eigenvalue weighted by molar-refractivity contribution is 6.04. The first-order valence-corrected chi connectivity index (χ1v) is 6.59. The Morgan fingerprint density at radius 2 is 2.20 bits per heavy atom. The van der Waals surface area contributed by atoms with Gasteiger partial charge in [0.1, 0.15) is 11.9 Å². The fraction of sp³-hybridized carbons (Fsp3) is 0.429. The summed E-state index contributed by atoms with van der Waals surface area (Å²) in [6, 6.07) is 3.83. The third kappa shape index (κ3) is 2.65. The molecule has 1 aliphatic rings. The third-order valence-corrected chi connectivity index (χ3v) is 3.45. The second-order valence-electron chi connectivity index (χ2n) is 4.96. The Bertz CT molecular complexity index is 545. The van der Waals surface area contributed by atoms with E-state index in [1.165, 1.54) is 11.0 Å². The highest BCUT2D eigenvalue weighted by Gasteiger charge is 2.33. The minimum atomic E-state index is -0.539. The van der Waals surface area contributed by atoms with Gasteiger partial charge in [-0.05, 0) is 31.0 Å². The summed E-state index contributed by atoms with van der Waals surface area (Å²) >= 11 is 0. The summed E-state index contributed by atoms with van der Waals surface area (Å²) in [6.07, 6.45) is 0.494. The highest BCUT2D eigenvalue weighted by atomic mass is 19.1. The molecule has 20 heavy (non-hydrogen) atoms. The van der Waals surface area contributed by atoms with E-state index in [4.69, 9.17) is 5.73 Å². The Hall–Kier alpha value is -1.95. The molecule has 5 nitrogen and oxygen atoms in total. The van der Waals surface area contributed by atoms with Crippen LogP contribution in [0.5, 0.6) is 0 Å². The van der Waals surface area contributed by atoms with Crippen LogP contribution in [0.4, 0.5) is 10.1 Å². The molecule has 1 unspecified atom stereocenters. The zero-order valence-corrected chi connectivity index (χ0v) is 11.5. The molecule has 1 heterocycles. The monoisotopic (exact) mass is 279 g/mol. The molecule has 0 saturated carbocycles. The van der Waals surface area contributed by atoms with Crippen LogP contribution in [0.1, 0.15) is 31.9 Å². The predicted octanol–water partition coefficient (Wildman–Crippen LogP) is 1.09. The van der Waals surface area contributed by atoms with Gasteiger partial charge in [0.15, 0.2) is 0 Å². The van der Waals surface area contributed by atoms with Crippen molar-refractivity contribution in [3.63, 3.8) is 0 Å². The summed E-state index contributed by atoms with van der Waals surface area (Å²) < 4.78 is 14.2. The number of carbonyl (C=O) groups is 2. The summed E-state index contributed by atoms with van der Waals surface area (Å²) in [6.45, 7) is 3.56. The van der Waals surface area contributed by atoms with Crippen molar-refractivity contribution in [1.29, 1.82) is 0 Å². The first kappa shape index (κ1) is 14.5. The molecule has 3 N–H and O–H groups in total. The zero-order chi connectivity index (χ0) is 14.9. The van der Waals surface area contributed by atoms with E-state index in [-0.39, 0.29) is 24.2 Å². The smallest absolute Gasteiger partial charge is 0.249 e. The molecule has 0 bridgehead atoms. The van der Waals surface area contributed by atoms with Crippen molar-refractivity contribution in [2.24, 2.45) is 5.73 Å². The molecule has 2 rings (SSSR count). The van der Waals surface area contributed by atoms with Crippen molar-refractivity contribution in [3.8, 4) is 0 Å². The van der Waals surface area contributed by atoms with Gasteiger partial charge < -0.3 is 10.6 Å². The number of rotatable bonds is 3. The lowest BCUT2D eigenvalue weighted by atomic mass is 10.0. The molecule has 6 heteroatoms. The van der Waals surface area contributed by atoms with Crippen molar-refractivity contribution in [2.45, 2.75) is 32.4 Å². The minimum Gasteiger partial charge on any atom is -0.348 e. The van der Waals surface area contributed by atoms with Crippen molar-refractivity contribution in [1.82, 2.24) is 5.32 Å². The molecule has 108 valence electrons. The Labute approximate surface area is 116 Å². The molecule has 0 spiro atoms. The molecule has 0 aliphatic carbocycles. The standard InChI is InChI=1S/C14H18FN3O2/c1-3-11-14(20)17-13(19)7-18(11)12-5-4-9(8(2)16)6-10(12)15/h4-6,8,11H,3,7,16H2,1-2H3,(H,17,19,20)/t8-,11?/m0/s1. The van der Waals surface area contributed by atoms with Crippen LogP contribution in [0.25, 0.3) is 0 Å². The minimum absolute atomic E-state index is 0.0291. The summed E-state index contributed by atoms with van der Waals surface area (Å²) in [4.78, 5) is 24.8. The fourth-order valence-corrected chi connectivity index (χ4v) is 2.36. The van der Waals surface area contributed by atoms with Gasteiger partial charge in [0.05, 0.1) is 12.2 Å². The molecule has 0 radical (unpaired) electrons. The third-order valence-electron chi connectivity index (χ3n) is 3.45. The van der Waals surface area contributed by atoms with E-state index in [0.717, 1.165) is 0 Å². The van der Waals surface area contributed by atoms with E-state index in [0.29, 0.717) is 12.0 Å². The topological polar surface area (TPSA) is 75.4 Å². The number of hydrogen-bond donors (Lipinski definition) is 2. The molecule has 1 saturated heterocycles. The van der Waals surface area contributed by atoms with Crippen molar-refractivity contribution < 1.29 is 14.0 Å². The largest absolute Gasteiger partial charge is 0.348 e. The van der Waals surface area contributed by atoms with Gasteiger partial charge in [0, 0.05) is 6.04 Å². The van der Waals surface area contributed by atoms with Crippen LogP contribution in [-0.2, 0) is 9.59 Å². The Kier molecular flexibility index (Phi) is 4.04. The number of nitrogens with one attached hydrogen (secondary N) is 1. The van der Waals surface area contributed by atoms with Gasteiger partial charge in [0.25, 0.3) is 0 Å². The zero-order valence-electron chi connectivity index (χ0n) is 11.5. The number of nitrogens with zero attached hydrogens (tertiary/aromatic N) is 1. The average Bonchev–Trinajstić information content (AvgIpc) is 2.37. The van der Waals surface area contributed by atoms with Crippen molar-refractivity contribution in [3.05, 3.63) is 29.6 Å². The number of imide groups is 1. The van der Waals surface area contributed by atoms with Crippen LogP contribution in [0.3, 0.4) is 0 Å². The first-order chi connectivity index (χ1) is 9.43. The van der Waals surface area contributed by atoms with Crippen LogP contribution >= 0.6 is 0 Å². The summed E-state index contributed by atoms with van der Waals surface area (Å²) in [7, 11) is 0. The normalized spacial score (nSPS) is 20.8. The first-order valence-electron chi connectivity index (χ1n) is 6.59. The number of piperazine rings is 1. The summed E-state index contributed by atoms with van der Waals surface area (Å²) in [5.41, 5.74) is 6.64. The van der Waals surface area contributed by atoms with Gasteiger partial charge in [-0.2, -0.15) is 0 Å². The second-order valence-corrected chi connectivity index (χ2v) is 4.96. The Balaban J connectivity index is 2.38. The molecule has 2 amide bonds. The maximum atomic E-state index is 14.2. The van der Waals surface area contributed by atoms with Gasteiger partial charge >= 0.3 is 0 Å². The maximum Gasteiger partial charge on any atom is 0.249 e. The predicted molar refractivity (Wildman–Crippen MR) is 73.6 cm³/mol. The van der Waals surface area contributed by atoms with Gasteiger partial charge in [-0.15, -0.1) is 0 Å². The molecular formula is C14H18FN3O2. The average molecular weight is 279 g/mol. The molecular weight excluding hydrogens is 261 g/mol. The van der Waals surface area contributed by atoms with E-state index >= 15 is 0 Å². The van der Waals surface area contributed by atoms with Crippen molar-refractivity contribution >= 4 is 17.5 Å². The van der Waals surface area contributed by atoms with Crippen LogP contribution < -0.4 is 16.0 Å². The van der Waals surface area contributed by atoms with E-state index in [2.05, 4.69) is 5.32 Å². The van der Waals surface area contributed by atoms with Gasteiger partial charge in [-0.1, -0.05) is 13.0 Å². The number of halogens is 1. The van der Waals surface area contributed by atoms with Crippen molar-refractivity contribution in [2.75, 3.05) is 11.4 Å². The van der Waals surface area contributed by atoms with E-state index < -0.39 is 17.8 Å². The number of amides is 2. The molecule has 2 atom stereocenters. The van der Waals surface area contributed by atoms with Crippen LogP contribution in [0, 0.1) is 5.82 Å². The van der Waals surface area contributed by atoms with E-state index in [1.807, 2.05) is 6.92 Å². The number of carbonyl (C=O) groups excluding carboxylic acids is 2. The van der Waals surface area contributed by atoms with Gasteiger partial charge in [-0.25, -0.2) is 4.39 Å². The maximum absolute atomic E-state index is 14.2. The number of nitrogens with two attached hydrogens (primary N) is 1. The Morgan fingerprint density at radius 1 is 1.50 bits per heavy atom. The number of anilines is 1. The molecule has 1 aromatic carbocycles. The number of hydrogen-bond acceptors (Lipinski definition) is 4. The summed E-state index contributed by atoms with van der Waals surface area (Å²) in [5.74, 6) is -1.28. The van der Waals surface area contributed by atoms with E-state index in [1.54, 1.807) is 19.1 Å². The quantitative estimate of drug-likeness (QED) is 0.812.